The lowest BCUT2D eigenvalue weighted by Crippen LogP contribution is -2.46. The van der Waals surface area contributed by atoms with Gasteiger partial charge in [0.05, 0.1) is 25.9 Å². The lowest BCUT2D eigenvalue weighted by Gasteiger charge is -2.31. The van der Waals surface area contributed by atoms with Gasteiger partial charge in [0, 0.05) is 20.1 Å². The van der Waals surface area contributed by atoms with Crippen molar-refractivity contribution in [1.82, 2.24) is 15.5 Å². The van der Waals surface area contributed by atoms with Gasteiger partial charge in [-0.1, -0.05) is 0 Å². The number of urea groups is 1. The van der Waals surface area contributed by atoms with E-state index in [1.165, 1.54) is 7.05 Å². The van der Waals surface area contributed by atoms with Gasteiger partial charge in [0.15, 0.2) is 0 Å². The molecule has 0 aromatic carbocycles. The highest BCUT2D eigenvalue weighted by Gasteiger charge is 2.21. The number of hydrogen-bond acceptors (Lipinski definition) is 5. The minimum Gasteiger partial charge on any atom is -0.394 e. The molecule has 0 aliphatic carbocycles. The van der Waals surface area contributed by atoms with Gasteiger partial charge in [-0.3, -0.25) is 15.0 Å². The van der Waals surface area contributed by atoms with Gasteiger partial charge >= 0.3 is 6.03 Å². The molecule has 0 saturated carbocycles. The Hall–Kier alpha value is -1.18. The Morgan fingerprint density at radius 3 is 2.61 bits per heavy atom. The molecule has 0 unspecified atom stereocenters. The van der Waals surface area contributed by atoms with Crippen LogP contribution in [0.5, 0.6) is 0 Å². The first kappa shape index (κ1) is 14.9. The van der Waals surface area contributed by atoms with Crippen molar-refractivity contribution in [1.29, 1.82) is 0 Å². The highest BCUT2D eigenvalue weighted by molar-refractivity contribution is 5.95. The second kappa shape index (κ2) is 8.02. The molecule has 1 saturated heterocycles. The summed E-state index contributed by atoms with van der Waals surface area (Å²) in [4.78, 5) is 24.4. The summed E-state index contributed by atoms with van der Waals surface area (Å²) in [5.41, 5.74) is 0. The molecule has 1 heterocycles. The van der Waals surface area contributed by atoms with Crippen molar-refractivity contribution in [3.63, 3.8) is 0 Å². The highest BCUT2D eigenvalue weighted by atomic mass is 16.5. The molecule has 104 valence electrons. The molecule has 0 radical (unpaired) electrons. The number of carbonyl (C=O) groups is 2. The van der Waals surface area contributed by atoms with Crippen LogP contribution in [0.3, 0.4) is 0 Å². The first-order valence-corrected chi connectivity index (χ1v) is 6.12. The number of likely N-dealkylation sites (tertiary alicyclic amines) is 1. The number of amides is 3. The van der Waals surface area contributed by atoms with E-state index in [2.05, 4.69) is 10.6 Å². The van der Waals surface area contributed by atoms with Crippen molar-refractivity contribution in [3.05, 3.63) is 0 Å². The van der Waals surface area contributed by atoms with E-state index in [0.29, 0.717) is 6.61 Å². The molecular weight excluding hydrogens is 238 g/mol. The Kier molecular flexibility index (Phi) is 6.63. The van der Waals surface area contributed by atoms with Crippen LogP contribution in [-0.2, 0) is 9.53 Å². The fraction of sp³-hybridized carbons (Fsp3) is 0.818. The third-order valence-electron chi connectivity index (χ3n) is 2.83. The molecule has 0 atom stereocenters. The molecule has 7 heteroatoms. The van der Waals surface area contributed by atoms with E-state index < -0.39 is 6.03 Å². The number of aliphatic hydroxyl groups is 1. The average molecular weight is 259 g/mol. The molecule has 3 amide bonds. The van der Waals surface area contributed by atoms with Crippen LogP contribution >= 0.6 is 0 Å². The molecular formula is C11H21N3O4. The summed E-state index contributed by atoms with van der Waals surface area (Å²) in [6, 6.07) is -0.485. The van der Waals surface area contributed by atoms with Gasteiger partial charge < -0.3 is 15.2 Å². The number of nitrogens with zero attached hydrogens (tertiary/aromatic N) is 1. The second-order valence-corrected chi connectivity index (χ2v) is 4.20. The third-order valence-corrected chi connectivity index (χ3v) is 2.83. The standard InChI is InChI=1S/C11H21N3O4/c1-12-11(17)13-10(16)8-14-4-2-9(3-5-14)18-7-6-15/h9,15H,2-8H2,1H3,(H2,12,13,16,17). The van der Waals surface area contributed by atoms with E-state index in [4.69, 9.17) is 9.84 Å². The average Bonchev–Trinajstić information content (AvgIpc) is 2.37. The van der Waals surface area contributed by atoms with E-state index in [-0.39, 0.29) is 25.2 Å². The van der Waals surface area contributed by atoms with Crippen molar-refractivity contribution in [2.75, 3.05) is 39.9 Å². The van der Waals surface area contributed by atoms with Crippen molar-refractivity contribution in [3.8, 4) is 0 Å². The molecule has 1 aliphatic heterocycles. The first-order valence-electron chi connectivity index (χ1n) is 6.12. The summed E-state index contributed by atoms with van der Waals surface area (Å²) in [6.45, 7) is 2.14. The molecule has 1 fully saturated rings. The summed E-state index contributed by atoms with van der Waals surface area (Å²) in [5, 5.41) is 13.2. The van der Waals surface area contributed by atoms with E-state index in [9.17, 15) is 9.59 Å². The third kappa shape index (κ3) is 5.44. The zero-order valence-corrected chi connectivity index (χ0v) is 10.6. The van der Waals surface area contributed by atoms with Gasteiger partial charge in [-0.05, 0) is 12.8 Å². The Morgan fingerprint density at radius 2 is 2.06 bits per heavy atom. The maximum atomic E-state index is 11.5. The van der Waals surface area contributed by atoms with Gasteiger partial charge in [-0.2, -0.15) is 0 Å². The summed E-state index contributed by atoms with van der Waals surface area (Å²) in [5.74, 6) is -0.302. The number of ether oxygens (including phenoxy) is 1. The Balaban J connectivity index is 2.18. The first-order chi connectivity index (χ1) is 8.65. The molecule has 7 nitrogen and oxygen atoms in total. The van der Waals surface area contributed by atoms with Gasteiger partial charge in [0.2, 0.25) is 5.91 Å². The van der Waals surface area contributed by atoms with E-state index in [1.807, 2.05) is 4.90 Å². The van der Waals surface area contributed by atoms with Crippen LogP contribution in [0.2, 0.25) is 0 Å². The second-order valence-electron chi connectivity index (χ2n) is 4.20. The van der Waals surface area contributed by atoms with Crippen LogP contribution in [0.4, 0.5) is 4.79 Å². The van der Waals surface area contributed by atoms with Crippen molar-refractivity contribution in [2.24, 2.45) is 0 Å². The van der Waals surface area contributed by atoms with E-state index in [1.54, 1.807) is 0 Å². The van der Waals surface area contributed by atoms with Gasteiger partial charge in [-0.15, -0.1) is 0 Å². The predicted molar refractivity (Wildman–Crippen MR) is 65.1 cm³/mol. The SMILES string of the molecule is CNC(=O)NC(=O)CN1CCC(OCCO)CC1. The van der Waals surface area contributed by atoms with Gasteiger partial charge in [0.1, 0.15) is 0 Å². The van der Waals surface area contributed by atoms with E-state index in [0.717, 1.165) is 25.9 Å². The summed E-state index contributed by atoms with van der Waals surface area (Å²) < 4.78 is 5.43. The number of rotatable bonds is 5. The van der Waals surface area contributed by atoms with E-state index >= 15 is 0 Å². The smallest absolute Gasteiger partial charge is 0.321 e. The molecule has 0 bridgehead atoms. The Labute approximate surface area is 106 Å². The summed E-state index contributed by atoms with van der Waals surface area (Å²) >= 11 is 0. The van der Waals surface area contributed by atoms with Crippen molar-refractivity contribution >= 4 is 11.9 Å². The minimum absolute atomic E-state index is 0.0365. The fourth-order valence-electron chi connectivity index (χ4n) is 1.89. The zero-order chi connectivity index (χ0) is 13.4. The topological polar surface area (TPSA) is 90.9 Å². The van der Waals surface area contributed by atoms with Gasteiger partial charge in [-0.25, -0.2) is 4.79 Å². The number of imide groups is 1. The Bertz CT molecular complexity index is 277. The molecule has 0 aromatic heterocycles. The van der Waals surface area contributed by atoms with Crippen LogP contribution in [0.1, 0.15) is 12.8 Å². The van der Waals surface area contributed by atoms with Crippen molar-refractivity contribution in [2.45, 2.75) is 18.9 Å². The number of carbonyl (C=O) groups excluding carboxylic acids is 2. The van der Waals surface area contributed by atoms with Crippen molar-refractivity contribution < 1.29 is 19.4 Å². The number of aliphatic hydroxyl groups excluding tert-OH is 1. The van der Waals surface area contributed by atoms with Crippen LogP contribution in [-0.4, -0.2) is 67.9 Å². The quantitative estimate of drug-likeness (QED) is 0.584. The monoisotopic (exact) mass is 259 g/mol. The largest absolute Gasteiger partial charge is 0.394 e. The normalized spacial score (nSPS) is 17.4. The maximum absolute atomic E-state index is 11.5. The highest BCUT2D eigenvalue weighted by Crippen LogP contribution is 2.12. The van der Waals surface area contributed by atoms with Crippen LogP contribution in [0, 0.1) is 0 Å². The number of hydrogen-bond donors (Lipinski definition) is 3. The van der Waals surface area contributed by atoms with Crippen LogP contribution < -0.4 is 10.6 Å². The molecule has 3 N–H and O–H groups in total. The summed E-state index contributed by atoms with van der Waals surface area (Å²) in [6.07, 6.45) is 1.84. The number of nitrogens with one attached hydrogen (secondary N) is 2. The molecule has 18 heavy (non-hydrogen) atoms. The van der Waals surface area contributed by atoms with Crippen LogP contribution in [0.25, 0.3) is 0 Å². The van der Waals surface area contributed by atoms with Gasteiger partial charge in [0.25, 0.3) is 0 Å². The Morgan fingerprint density at radius 1 is 1.39 bits per heavy atom. The lowest BCUT2D eigenvalue weighted by atomic mass is 10.1. The molecule has 1 aliphatic rings. The minimum atomic E-state index is -0.485. The molecule has 0 aromatic rings. The summed E-state index contributed by atoms with van der Waals surface area (Å²) in [7, 11) is 1.46. The molecule has 1 rings (SSSR count). The molecule has 0 spiro atoms. The lowest BCUT2D eigenvalue weighted by molar-refractivity contribution is -0.121. The predicted octanol–water partition coefficient (Wildman–Crippen LogP) is -1.08. The zero-order valence-electron chi connectivity index (χ0n) is 10.6. The fourth-order valence-corrected chi connectivity index (χ4v) is 1.89. The van der Waals surface area contributed by atoms with Crippen LogP contribution in [0.15, 0.2) is 0 Å². The maximum Gasteiger partial charge on any atom is 0.321 e. The number of piperidine rings is 1.